The van der Waals surface area contributed by atoms with E-state index in [1.807, 2.05) is 24.3 Å². The van der Waals surface area contributed by atoms with Crippen LogP contribution in [0.25, 0.3) is 0 Å². The molecule has 2 aliphatic heterocycles. The summed E-state index contributed by atoms with van der Waals surface area (Å²) in [5.41, 5.74) is 1.08. The smallest absolute Gasteiger partial charge is 0.228 e. The summed E-state index contributed by atoms with van der Waals surface area (Å²) in [7, 11) is 3.38. The van der Waals surface area contributed by atoms with Crippen LogP contribution in [0.5, 0.6) is 5.75 Å². The molecule has 1 aliphatic carbocycles. The summed E-state index contributed by atoms with van der Waals surface area (Å²) in [6.07, 6.45) is 3.52. The third kappa shape index (κ3) is 3.44. The minimum absolute atomic E-state index is 0.0418. The number of anilines is 2. The average Bonchev–Trinajstić information content (AvgIpc) is 3.11. The van der Waals surface area contributed by atoms with Gasteiger partial charge in [-0.05, 0) is 48.1 Å². The molecule has 1 saturated heterocycles. The van der Waals surface area contributed by atoms with Gasteiger partial charge in [-0.15, -0.1) is 0 Å². The first-order valence-corrected chi connectivity index (χ1v) is 12.0. The Morgan fingerprint density at radius 1 is 1.26 bits per heavy atom. The minimum atomic E-state index is -1.11. The molecule has 1 atom stereocenters. The van der Waals surface area contributed by atoms with Crippen molar-refractivity contribution in [3.05, 3.63) is 35.5 Å². The topological polar surface area (TPSA) is 103 Å². The molecule has 2 aromatic rings. The third-order valence-electron chi connectivity index (χ3n) is 6.83. The van der Waals surface area contributed by atoms with Crippen molar-refractivity contribution in [1.82, 2.24) is 9.97 Å². The SMILES string of the molecule is COc1cccc(C2(OC)CN(c3nc4c(c(NC5(CO)CCC5)n3)[S@+]([O-])CC4)C2)c1. The lowest BCUT2D eigenvalue weighted by Gasteiger charge is -2.49. The summed E-state index contributed by atoms with van der Waals surface area (Å²) in [5, 5.41) is 13.3. The number of aliphatic hydroxyl groups is 1. The fraction of sp³-hybridized carbons (Fsp3) is 0.545. The fourth-order valence-corrected chi connectivity index (χ4v) is 5.94. The largest absolute Gasteiger partial charge is 0.611 e. The number of nitrogens with one attached hydrogen (secondary N) is 1. The molecule has 5 rings (SSSR count). The highest BCUT2D eigenvalue weighted by Gasteiger charge is 2.47. The molecule has 3 heterocycles. The maximum Gasteiger partial charge on any atom is 0.228 e. The van der Waals surface area contributed by atoms with Gasteiger partial charge in [-0.25, -0.2) is 4.98 Å². The highest BCUT2D eigenvalue weighted by Crippen LogP contribution is 2.42. The van der Waals surface area contributed by atoms with Gasteiger partial charge in [0.15, 0.2) is 5.82 Å². The van der Waals surface area contributed by atoms with E-state index in [4.69, 9.17) is 19.4 Å². The maximum absolute atomic E-state index is 12.6. The number of hydrogen-bond donors (Lipinski definition) is 2. The Labute approximate surface area is 185 Å². The molecule has 0 spiro atoms. The lowest BCUT2D eigenvalue weighted by Crippen LogP contribution is -2.61. The highest BCUT2D eigenvalue weighted by atomic mass is 32.2. The van der Waals surface area contributed by atoms with Crippen LogP contribution in [-0.2, 0) is 27.9 Å². The number of nitrogens with zero attached hydrogens (tertiary/aromatic N) is 3. The molecule has 166 valence electrons. The van der Waals surface area contributed by atoms with E-state index in [1.54, 1.807) is 14.2 Å². The Hall–Kier alpha value is -2.07. The van der Waals surface area contributed by atoms with Crippen molar-refractivity contribution in [2.24, 2.45) is 0 Å². The summed E-state index contributed by atoms with van der Waals surface area (Å²) in [6, 6.07) is 7.93. The number of methoxy groups -OCH3 is 2. The average molecular weight is 445 g/mol. The minimum Gasteiger partial charge on any atom is -0.611 e. The first-order valence-electron chi connectivity index (χ1n) is 10.6. The van der Waals surface area contributed by atoms with Crippen LogP contribution in [0.15, 0.2) is 29.2 Å². The zero-order chi connectivity index (χ0) is 21.6. The van der Waals surface area contributed by atoms with E-state index in [-0.39, 0.29) is 12.1 Å². The Morgan fingerprint density at radius 3 is 2.71 bits per heavy atom. The first-order chi connectivity index (χ1) is 15.0. The van der Waals surface area contributed by atoms with E-state index in [1.165, 1.54) is 0 Å². The molecule has 1 aromatic carbocycles. The summed E-state index contributed by atoms with van der Waals surface area (Å²) in [4.78, 5) is 12.3. The second kappa shape index (κ2) is 7.81. The van der Waals surface area contributed by atoms with Crippen molar-refractivity contribution >= 4 is 22.9 Å². The van der Waals surface area contributed by atoms with Gasteiger partial charge in [-0.3, -0.25) is 0 Å². The van der Waals surface area contributed by atoms with Gasteiger partial charge in [-0.1, -0.05) is 12.1 Å². The Morgan fingerprint density at radius 2 is 2.06 bits per heavy atom. The molecule has 8 nitrogen and oxygen atoms in total. The fourth-order valence-electron chi connectivity index (χ4n) is 4.64. The highest BCUT2D eigenvalue weighted by molar-refractivity contribution is 7.91. The number of ether oxygens (including phenoxy) is 2. The number of aromatic nitrogens is 2. The molecular formula is C22H28N4O4S. The zero-order valence-electron chi connectivity index (χ0n) is 17.9. The van der Waals surface area contributed by atoms with Gasteiger partial charge in [0, 0.05) is 13.5 Å². The molecule has 1 aromatic heterocycles. The van der Waals surface area contributed by atoms with Crippen molar-refractivity contribution in [3.63, 3.8) is 0 Å². The monoisotopic (exact) mass is 444 g/mol. The quantitative estimate of drug-likeness (QED) is 0.624. The number of aliphatic hydroxyl groups excluding tert-OH is 1. The Bertz CT molecular complexity index is 972. The summed E-state index contributed by atoms with van der Waals surface area (Å²) in [5.74, 6) is 2.59. The normalized spacial score (nSPS) is 23.0. The van der Waals surface area contributed by atoms with Crippen LogP contribution in [0.1, 0.15) is 30.5 Å². The summed E-state index contributed by atoms with van der Waals surface area (Å²) >= 11 is -1.11. The van der Waals surface area contributed by atoms with E-state index in [0.717, 1.165) is 36.3 Å². The van der Waals surface area contributed by atoms with Crippen LogP contribution in [0, 0.1) is 0 Å². The maximum atomic E-state index is 12.6. The molecule has 0 bridgehead atoms. The molecule has 9 heteroatoms. The van der Waals surface area contributed by atoms with Crippen molar-refractivity contribution in [1.29, 1.82) is 0 Å². The van der Waals surface area contributed by atoms with Gasteiger partial charge < -0.3 is 29.3 Å². The van der Waals surface area contributed by atoms with Crippen molar-refractivity contribution < 1.29 is 19.1 Å². The standard InChI is InChI=1S/C22H28N4O4S/c1-29-16-6-3-5-15(11-16)22(30-2)12-26(13-22)20-23-17-7-10-31(28)18(17)19(24-20)25-21(14-27)8-4-9-21/h3,5-6,11,27H,4,7-10,12-14H2,1-2H3,(H,23,24,25)/t31-/m1/s1. The third-order valence-corrected chi connectivity index (χ3v) is 8.29. The molecule has 3 aliphatic rings. The second-order valence-electron chi connectivity index (χ2n) is 8.65. The van der Waals surface area contributed by atoms with Gasteiger partial charge in [0.2, 0.25) is 10.8 Å². The Balaban J connectivity index is 1.43. The summed E-state index contributed by atoms with van der Waals surface area (Å²) in [6.45, 7) is 1.27. The van der Waals surface area contributed by atoms with E-state index < -0.39 is 16.8 Å². The van der Waals surface area contributed by atoms with Crippen LogP contribution in [0.4, 0.5) is 11.8 Å². The van der Waals surface area contributed by atoms with Crippen LogP contribution in [0.3, 0.4) is 0 Å². The van der Waals surface area contributed by atoms with Gasteiger partial charge in [-0.2, -0.15) is 4.98 Å². The van der Waals surface area contributed by atoms with E-state index in [9.17, 15) is 9.66 Å². The lowest BCUT2D eigenvalue weighted by molar-refractivity contribution is -0.0391. The molecule has 31 heavy (non-hydrogen) atoms. The van der Waals surface area contributed by atoms with Crippen molar-refractivity contribution in [2.75, 3.05) is 49.9 Å². The molecule has 0 unspecified atom stereocenters. The molecule has 1 saturated carbocycles. The molecule has 0 radical (unpaired) electrons. The number of rotatable bonds is 7. The summed E-state index contributed by atoms with van der Waals surface area (Å²) < 4.78 is 23.9. The number of aryl methyl sites for hydroxylation is 1. The predicted octanol–water partition coefficient (Wildman–Crippen LogP) is 1.84. The number of fused-ring (bicyclic) bond motifs is 1. The van der Waals surface area contributed by atoms with Crippen LogP contribution < -0.4 is 15.0 Å². The molecule has 2 N–H and O–H groups in total. The van der Waals surface area contributed by atoms with E-state index >= 15 is 0 Å². The van der Waals surface area contributed by atoms with E-state index in [2.05, 4.69) is 10.2 Å². The Kier molecular flexibility index (Phi) is 5.24. The van der Waals surface area contributed by atoms with Crippen molar-refractivity contribution in [3.8, 4) is 5.75 Å². The second-order valence-corrected chi connectivity index (χ2v) is 10.2. The number of benzene rings is 1. The molecule has 0 amide bonds. The lowest BCUT2D eigenvalue weighted by atomic mass is 9.77. The zero-order valence-corrected chi connectivity index (χ0v) is 18.7. The first kappa shape index (κ1) is 20.8. The van der Waals surface area contributed by atoms with Crippen LogP contribution in [-0.4, -0.2) is 64.8 Å². The van der Waals surface area contributed by atoms with Gasteiger partial charge in [0.25, 0.3) is 0 Å². The molecule has 2 fully saturated rings. The number of hydrogen-bond acceptors (Lipinski definition) is 8. The van der Waals surface area contributed by atoms with Gasteiger partial charge >= 0.3 is 0 Å². The van der Waals surface area contributed by atoms with E-state index in [0.29, 0.717) is 41.9 Å². The van der Waals surface area contributed by atoms with Crippen molar-refractivity contribution in [2.45, 2.75) is 41.7 Å². The van der Waals surface area contributed by atoms with Gasteiger partial charge in [0.1, 0.15) is 22.8 Å². The van der Waals surface area contributed by atoms with Crippen LogP contribution in [0.2, 0.25) is 0 Å². The molecular weight excluding hydrogens is 416 g/mol. The van der Waals surface area contributed by atoms with Gasteiger partial charge in [0.05, 0.1) is 32.3 Å². The predicted molar refractivity (Wildman–Crippen MR) is 118 cm³/mol. The van der Waals surface area contributed by atoms with Crippen LogP contribution >= 0.6 is 0 Å².